The third kappa shape index (κ3) is 7.06. The van der Waals surface area contributed by atoms with Gasteiger partial charge in [0.05, 0.1) is 26.5 Å². The van der Waals surface area contributed by atoms with Crippen LogP contribution in [0.15, 0.2) is 40.0 Å². The van der Waals surface area contributed by atoms with Crippen LogP contribution in [0.4, 0.5) is 0 Å². The third-order valence-electron chi connectivity index (χ3n) is 5.04. The van der Waals surface area contributed by atoms with Crippen molar-refractivity contribution in [3.05, 3.63) is 36.2 Å². The van der Waals surface area contributed by atoms with Crippen molar-refractivity contribution in [1.82, 2.24) is 20.3 Å². The SMILES string of the molecule is CCNC(=NCCCOc1cc(OC)cc(OC)c1)N1CCN(Cc2ccon2)CC1. The lowest BCUT2D eigenvalue weighted by Gasteiger charge is -2.36. The number of rotatable bonds is 10. The van der Waals surface area contributed by atoms with E-state index in [9.17, 15) is 0 Å². The molecule has 1 aromatic carbocycles. The number of ether oxygens (including phenoxy) is 3. The van der Waals surface area contributed by atoms with Gasteiger partial charge in [-0.05, 0) is 6.92 Å². The molecule has 0 aliphatic carbocycles. The zero-order valence-corrected chi connectivity index (χ0v) is 18.7. The van der Waals surface area contributed by atoms with E-state index in [0.29, 0.717) is 24.7 Å². The molecule has 170 valence electrons. The van der Waals surface area contributed by atoms with Crippen molar-refractivity contribution in [3.8, 4) is 17.2 Å². The van der Waals surface area contributed by atoms with Crippen molar-refractivity contribution in [3.63, 3.8) is 0 Å². The van der Waals surface area contributed by atoms with Gasteiger partial charge in [0, 0.05) is 76.5 Å². The molecule has 1 N–H and O–H groups in total. The van der Waals surface area contributed by atoms with Gasteiger partial charge in [-0.3, -0.25) is 9.89 Å². The van der Waals surface area contributed by atoms with Gasteiger partial charge in [0.2, 0.25) is 0 Å². The summed E-state index contributed by atoms with van der Waals surface area (Å²) in [6.07, 6.45) is 2.44. The van der Waals surface area contributed by atoms with Gasteiger partial charge in [-0.2, -0.15) is 0 Å². The summed E-state index contributed by atoms with van der Waals surface area (Å²) < 4.78 is 21.3. The number of hydrogen-bond donors (Lipinski definition) is 1. The standard InChI is InChI=1S/C22H33N5O4/c1-4-23-22(27-10-8-26(9-11-27)17-18-6-13-31-25-18)24-7-5-12-30-21-15-19(28-2)14-20(16-21)29-3/h6,13-16H,4-5,7-12,17H2,1-3H3,(H,23,24). The Morgan fingerprint density at radius 1 is 1.10 bits per heavy atom. The first-order chi connectivity index (χ1) is 15.2. The number of nitrogens with one attached hydrogen (secondary N) is 1. The van der Waals surface area contributed by atoms with Gasteiger partial charge in [-0.15, -0.1) is 0 Å². The van der Waals surface area contributed by atoms with E-state index in [-0.39, 0.29) is 0 Å². The fourth-order valence-electron chi connectivity index (χ4n) is 3.40. The molecular formula is C22H33N5O4. The minimum atomic E-state index is 0.574. The Kier molecular flexibility index (Phi) is 8.84. The second-order valence-electron chi connectivity index (χ2n) is 7.24. The number of guanidine groups is 1. The summed E-state index contributed by atoms with van der Waals surface area (Å²) in [5.41, 5.74) is 0.975. The number of benzene rings is 1. The van der Waals surface area contributed by atoms with Gasteiger partial charge in [0.15, 0.2) is 5.96 Å². The fourth-order valence-corrected chi connectivity index (χ4v) is 3.40. The molecule has 0 spiro atoms. The van der Waals surface area contributed by atoms with Crippen LogP contribution in [-0.2, 0) is 6.54 Å². The molecule has 1 aromatic heterocycles. The molecule has 0 saturated carbocycles. The molecule has 2 aromatic rings. The number of nitrogens with zero attached hydrogens (tertiary/aromatic N) is 4. The van der Waals surface area contributed by atoms with Crippen molar-refractivity contribution < 1.29 is 18.7 Å². The number of hydrogen-bond acceptors (Lipinski definition) is 7. The van der Waals surface area contributed by atoms with Crippen LogP contribution in [-0.4, -0.2) is 81.0 Å². The molecule has 1 aliphatic heterocycles. The van der Waals surface area contributed by atoms with Gasteiger partial charge in [0.25, 0.3) is 0 Å². The monoisotopic (exact) mass is 431 g/mol. The Morgan fingerprint density at radius 3 is 2.42 bits per heavy atom. The molecule has 0 unspecified atom stereocenters. The predicted octanol–water partition coefficient (Wildman–Crippen LogP) is 2.24. The first kappa shape index (κ1) is 22.7. The Balaban J connectivity index is 1.43. The van der Waals surface area contributed by atoms with E-state index in [0.717, 1.165) is 63.1 Å². The molecule has 9 heteroatoms. The summed E-state index contributed by atoms with van der Waals surface area (Å²) >= 11 is 0. The van der Waals surface area contributed by atoms with E-state index < -0.39 is 0 Å². The average Bonchev–Trinajstić information content (AvgIpc) is 3.31. The first-order valence-corrected chi connectivity index (χ1v) is 10.7. The van der Waals surface area contributed by atoms with E-state index >= 15 is 0 Å². The summed E-state index contributed by atoms with van der Waals surface area (Å²) in [6, 6.07) is 7.45. The highest BCUT2D eigenvalue weighted by Gasteiger charge is 2.20. The minimum Gasteiger partial charge on any atom is -0.496 e. The van der Waals surface area contributed by atoms with Crippen LogP contribution >= 0.6 is 0 Å². The molecule has 0 amide bonds. The van der Waals surface area contributed by atoms with Gasteiger partial charge in [0.1, 0.15) is 23.5 Å². The average molecular weight is 432 g/mol. The van der Waals surface area contributed by atoms with Gasteiger partial charge < -0.3 is 29.0 Å². The zero-order chi connectivity index (χ0) is 21.9. The molecule has 0 atom stereocenters. The zero-order valence-electron chi connectivity index (χ0n) is 18.7. The lowest BCUT2D eigenvalue weighted by Crippen LogP contribution is -2.52. The Hall–Kier alpha value is -2.94. The van der Waals surface area contributed by atoms with Crippen molar-refractivity contribution >= 4 is 5.96 Å². The van der Waals surface area contributed by atoms with Gasteiger partial charge in [-0.25, -0.2) is 0 Å². The van der Waals surface area contributed by atoms with Crippen molar-refractivity contribution in [2.45, 2.75) is 19.9 Å². The summed E-state index contributed by atoms with van der Waals surface area (Å²) in [6.45, 7) is 8.84. The van der Waals surface area contributed by atoms with Crippen LogP contribution in [0.2, 0.25) is 0 Å². The van der Waals surface area contributed by atoms with Crippen LogP contribution in [0.5, 0.6) is 17.2 Å². The normalized spacial score (nSPS) is 15.1. The smallest absolute Gasteiger partial charge is 0.194 e. The first-order valence-electron chi connectivity index (χ1n) is 10.7. The molecule has 0 bridgehead atoms. The quantitative estimate of drug-likeness (QED) is 0.348. The second-order valence-corrected chi connectivity index (χ2v) is 7.24. The molecule has 0 radical (unpaired) electrons. The lowest BCUT2D eigenvalue weighted by atomic mass is 10.3. The number of aliphatic imine (C=N–C) groups is 1. The maximum atomic E-state index is 5.86. The number of methoxy groups -OCH3 is 2. The topological polar surface area (TPSA) is 84.6 Å². The van der Waals surface area contributed by atoms with E-state index in [1.165, 1.54) is 0 Å². The van der Waals surface area contributed by atoms with E-state index in [1.807, 2.05) is 24.3 Å². The van der Waals surface area contributed by atoms with Gasteiger partial charge >= 0.3 is 0 Å². The predicted molar refractivity (Wildman–Crippen MR) is 119 cm³/mol. The van der Waals surface area contributed by atoms with E-state index in [2.05, 4.69) is 27.2 Å². The Bertz CT molecular complexity index is 782. The van der Waals surface area contributed by atoms with Gasteiger partial charge in [-0.1, -0.05) is 5.16 Å². The molecule has 1 saturated heterocycles. The van der Waals surface area contributed by atoms with Crippen LogP contribution < -0.4 is 19.5 Å². The van der Waals surface area contributed by atoms with Crippen LogP contribution in [0, 0.1) is 0 Å². The maximum absolute atomic E-state index is 5.86. The molecular weight excluding hydrogens is 398 g/mol. The molecule has 9 nitrogen and oxygen atoms in total. The Labute approximate surface area is 183 Å². The highest BCUT2D eigenvalue weighted by molar-refractivity contribution is 5.80. The van der Waals surface area contributed by atoms with Crippen molar-refractivity contribution in [1.29, 1.82) is 0 Å². The summed E-state index contributed by atoms with van der Waals surface area (Å²) in [5.74, 6) is 3.12. The molecule has 3 rings (SSSR count). The molecule has 1 fully saturated rings. The second kappa shape index (κ2) is 12.0. The number of aromatic nitrogens is 1. The highest BCUT2D eigenvalue weighted by Crippen LogP contribution is 2.27. The highest BCUT2D eigenvalue weighted by atomic mass is 16.5. The van der Waals surface area contributed by atoms with Crippen LogP contribution in [0.25, 0.3) is 0 Å². The lowest BCUT2D eigenvalue weighted by molar-refractivity contribution is 0.169. The van der Waals surface area contributed by atoms with Crippen molar-refractivity contribution in [2.24, 2.45) is 4.99 Å². The van der Waals surface area contributed by atoms with E-state index in [1.54, 1.807) is 20.5 Å². The maximum Gasteiger partial charge on any atom is 0.194 e. The fraction of sp³-hybridized carbons (Fsp3) is 0.545. The largest absolute Gasteiger partial charge is 0.496 e. The summed E-state index contributed by atoms with van der Waals surface area (Å²) in [5, 5.41) is 7.41. The molecule has 2 heterocycles. The summed E-state index contributed by atoms with van der Waals surface area (Å²) in [7, 11) is 3.26. The van der Waals surface area contributed by atoms with E-state index in [4.69, 9.17) is 23.7 Å². The third-order valence-corrected chi connectivity index (χ3v) is 5.04. The van der Waals surface area contributed by atoms with Crippen molar-refractivity contribution in [2.75, 3.05) is 60.1 Å². The van der Waals surface area contributed by atoms with Crippen LogP contribution in [0.3, 0.4) is 0 Å². The Morgan fingerprint density at radius 2 is 1.81 bits per heavy atom. The van der Waals surface area contributed by atoms with Crippen LogP contribution in [0.1, 0.15) is 19.0 Å². The molecule has 1 aliphatic rings. The summed E-state index contributed by atoms with van der Waals surface area (Å²) in [4.78, 5) is 9.49. The molecule has 31 heavy (non-hydrogen) atoms. The minimum absolute atomic E-state index is 0.574. The number of piperazine rings is 1.